The Kier molecular flexibility index (Phi) is 7.06. The molecule has 1 amide bonds. The summed E-state index contributed by atoms with van der Waals surface area (Å²) in [4.78, 5) is 15.5. The van der Waals surface area contributed by atoms with E-state index in [-0.39, 0.29) is 36.8 Å². The molecule has 5 nitrogen and oxygen atoms in total. The van der Waals surface area contributed by atoms with Crippen molar-refractivity contribution < 1.29 is 9.90 Å². The highest BCUT2D eigenvalue weighted by molar-refractivity contribution is 5.95. The summed E-state index contributed by atoms with van der Waals surface area (Å²) in [5.74, 6) is -0.113. The van der Waals surface area contributed by atoms with E-state index >= 15 is 0 Å². The van der Waals surface area contributed by atoms with Gasteiger partial charge in [0.25, 0.3) is 0 Å². The van der Waals surface area contributed by atoms with Crippen LogP contribution in [0.3, 0.4) is 0 Å². The zero-order chi connectivity index (χ0) is 10.7. The van der Waals surface area contributed by atoms with Crippen LogP contribution in [0.1, 0.15) is 6.42 Å². The second-order valence-corrected chi connectivity index (χ2v) is 3.58. The van der Waals surface area contributed by atoms with Gasteiger partial charge in [0.15, 0.2) is 0 Å². The van der Waals surface area contributed by atoms with E-state index in [0.717, 1.165) is 5.69 Å². The first kappa shape index (κ1) is 16.1. The lowest BCUT2D eigenvalue weighted by atomic mass is 10.2. The quantitative estimate of drug-likeness (QED) is 0.741. The van der Waals surface area contributed by atoms with Crippen molar-refractivity contribution >= 4 is 36.4 Å². The van der Waals surface area contributed by atoms with Crippen LogP contribution in [0.25, 0.3) is 0 Å². The number of hydrogen-bond donors (Lipinski definition) is 3. The maximum Gasteiger partial charge on any atom is 0.241 e. The molecular weight excluding hydrogens is 265 g/mol. The second-order valence-electron chi connectivity index (χ2n) is 3.58. The molecule has 1 aliphatic heterocycles. The minimum absolute atomic E-state index is 0. The van der Waals surface area contributed by atoms with Crippen molar-refractivity contribution in [1.29, 1.82) is 0 Å². The maximum atomic E-state index is 11.7. The first-order valence-electron chi connectivity index (χ1n) is 4.88. The molecule has 1 aliphatic rings. The van der Waals surface area contributed by atoms with Crippen LogP contribution in [-0.4, -0.2) is 34.7 Å². The fraction of sp³-hybridized carbons (Fsp3) is 0.400. The molecule has 0 spiro atoms. The van der Waals surface area contributed by atoms with Gasteiger partial charge in [-0.25, -0.2) is 0 Å². The lowest BCUT2D eigenvalue weighted by Crippen LogP contribution is -2.35. The number of anilines is 1. The average Bonchev–Trinajstić information content (AvgIpc) is 2.66. The van der Waals surface area contributed by atoms with Gasteiger partial charge in [-0.05, 0) is 18.6 Å². The van der Waals surface area contributed by atoms with Gasteiger partial charge in [-0.1, -0.05) is 0 Å². The van der Waals surface area contributed by atoms with Crippen molar-refractivity contribution in [3.05, 3.63) is 24.5 Å². The van der Waals surface area contributed by atoms with Crippen LogP contribution in [0.2, 0.25) is 0 Å². The number of carbonyl (C=O) groups excluding carboxylic acids is 1. The number of amides is 1. The van der Waals surface area contributed by atoms with Crippen LogP contribution < -0.4 is 10.6 Å². The Morgan fingerprint density at radius 2 is 2.06 bits per heavy atom. The number of rotatable bonds is 2. The van der Waals surface area contributed by atoms with Crippen LogP contribution in [0.15, 0.2) is 24.5 Å². The molecule has 1 aromatic heterocycles. The molecule has 0 aromatic carbocycles. The molecule has 2 unspecified atom stereocenters. The van der Waals surface area contributed by atoms with Crippen LogP contribution >= 0.6 is 24.8 Å². The number of pyridine rings is 1. The van der Waals surface area contributed by atoms with Gasteiger partial charge >= 0.3 is 0 Å². The number of hydrogen-bond acceptors (Lipinski definition) is 4. The van der Waals surface area contributed by atoms with Gasteiger partial charge < -0.3 is 15.7 Å². The Balaban J connectivity index is 0.00000128. The summed E-state index contributed by atoms with van der Waals surface area (Å²) in [6.07, 6.45) is 3.29. The molecule has 1 fully saturated rings. The summed E-state index contributed by atoms with van der Waals surface area (Å²) in [7, 11) is 0. The SMILES string of the molecule is Cl.Cl.O=C(Nc1ccncc1)C1CC(O)CN1. The van der Waals surface area contributed by atoms with Gasteiger partial charge in [0.1, 0.15) is 0 Å². The van der Waals surface area contributed by atoms with E-state index in [1.54, 1.807) is 24.5 Å². The van der Waals surface area contributed by atoms with Gasteiger partial charge in [-0.2, -0.15) is 0 Å². The highest BCUT2D eigenvalue weighted by atomic mass is 35.5. The monoisotopic (exact) mass is 279 g/mol. The van der Waals surface area contributed by atoms with E-state index in [4.69, 9.17) is 0 Å². The first-order valence-corrected chi connectivity index (χ1v) is 4.88. The number of nitrogens with zero attached hydrogens (tertiary/aromatic N) is 1. The fourth-order valence-corrected chi connectivity index (χ4v) is 1.58. The van der Waals surface area contributed by atoms with Crippen LogP contribution in [0.4, 0.5) is 5.69 Å². The molecule has 0 saturated carbocycles. The largest absolute Gasteiger partial charge is 0.392 e. The van der Waals surface area contributed by atoms with Crippen LogP contribution in [0, 0.1) is 0 Å². The van der Waals surface area contributed by atoms with Gasteiger partial charge in [0, 0.05) is 24.6 Å². The molecule has 1 aromatic rings. The number of carbonyl (C=O) groups is 1. The number of nitrogens with one attached hydrogen (secondary N) is 2. The average molecular weight is 280 g/mol. The number of aromatic nitrogens is 1. The minimum atomic E-state index is -0.418. The molecule has 0 radical (unpaired) electrons. The lowest BCUT2D eigenvalue weighted by molar-refractivity contribution is -0.117. The van der Waals surface area contributed by atoms with Crippen molar-refractivity contribution in [2.24, 2.45) is 0 Å². The Morgan fingerprint density at radius 1 is 1.41 bits per heavy atom. The Bertz CT molecular complexity index is 351. The summed E-state index contributed by atoms with van der Waals surface area (Å²) in [6, 6.07) is 3.15. The summed E-state index contributed by atoms with van der Waals surface area (Å²) in [5, 5.41) is 15.0. The number of halogens is 2. The zero-order valence-corrected chi connectivity index (χ0v) is 10.6. The molecule has 7 heteroatoms. The molecule has 2 rings (SSSR count). The highest BCUT2D eigenvalue weighted by Crippen LogP contribution is 2.10. The van der Waals surface area contributed by atoms with Crippen LogP contribution in [-0.2, 0) is 4.79 Å². The van der Waals surface area contributed by atoms with Gasteiger partial charge in [0.05, 0.1) is 12.1 Å². The number of aliphatic hydroxyl groups is 1. The Hall–Kier alpha value is -0.880. The smallest absolute Gasteiger partial charge is 0.241 e. The predicted molar refractivity (Wildman–Crippen MR) is 69.8 cm³/mol. The Labute approximate surface area is 112 Å². The molecular formula is C10H15Cl2N3O2. The molecule has 2 heterocycles. The van der Waals surface area contributed by atoms with Gasteiger partial charge in [-0.3, -0.25) is 9.78 Å². The standard InChI is InChI=1S/C10H13N3O2.2ClH/c14-8-5-9(12-6-8)10(15)13-7-1-3-11-4-2-7;;/h1-4,8-9,12,14H,5-6H2,(H,11,13,15);2*1H. The molecule has 3 N–H and O–H groups in total. The van der Waals surface area contributed by atoms with Crippen molar-refractivity contribution in [2.45, 2.75) is 18.6 Å². The third-order valence-electron chi connectivity index (χ3n) is 2.37. The fourth-order valence-electron chi connectivity index (χ4n) is 1.58. The van der Waals surface area contributed by atoms with Gasteiger partial charge in [-0.15, -0.1) is 24.8 Å². The summed E-state index contributed by atoms with van der Waals surface area (Å²) < 4.78 is 0. The van der Waals surface area contributed by atoms with Gasteiger partial charge in [0.2, 0.25) is 5.91 Å². The van der Waals surface area contributed by atoms with E-state index in [9.17, 15) is 9.90 Å². The molecule has 96 valence electrons. The Morgan fingerprint density at radius 3 is 2.59 bits per heavy atom. The van der Waals surface area contributed by atoms with Crippen molar-refractivity contribution in [3.8, 4) is 0 Å². The first-order chi connectivity index (χ1) is 7.25. The van der Waals surface area contributed by atoms with E-state index < -0.39 is 6.10 Å². The molecule has 0 aliphatic carbocycles. The van der Waals surface area contributed by atoms with E-state index in [1.807, 2.05) is 0 Å². The van der Waals surface area contributed by atoms with Crippen LogP contribution in [0.5, 0.6) is 0 Å². The topological polar surface area (TPSA) is 74.2 Å². The third kappa shape index (κ3) is 4.47. The molecule has 17 heavy (non-hydrogen) atoms. The molecule has 0 bridgehead atoms. The normalized spacial score (nSPS) is 22.2. The zero-order valence-electron chi connectivity index (χ0n) is 9.00. The number of β-amino-alcohol motifs (C(OH)–C–C–N with tert-alkyl or cyclic N) is 1. The minimum Gasteiger partial charge on any atom is -0.392 e. The number of aliphatic hydroxyl groups excluding tert-OH is 1. The third-order valence-corrected chi connectivity index (χ3v) is 2.37. The summed E-state index contributed by atoms with van der Waals surface area (Å²) in [5.41, 5.74) is 0.721. The summed E-state index contributed by atoms with van der Waals surface area (Å²) >= 11 is 0. The van der Waals surface area contributed by atoms with E-state index in [0.29, 0.717) is 13.0 Å². The molecule has 1 saturated heterocycles. The highest BCUT2D eigenvalue weighted by Gasteiger charge is 2.27. The second kappa shape index (κ2) is 7.45. The van der Waals surface area contributed by atoms with E-state index in [1.165, 1.54) is 0 Å². The summed E-state index contributed by atoms with van der Waals surface area (Å²) in [6.45, 7) is 0.481. The predicted octanol–water partition coefficient (Wildman–Crippen LogP) is 0.586. The van der Waals surface area contributed by atoms with Crippen molar-refractivity contribution in [3.63, 3.8) is 0 Å². The maximum absolute atomic E-state index is 11.7. The van der Waals surface area contributed by atoms with Crippen molar-refractivity contribution in [1.82, 2.24) is 10.3 Å². The lowest BCUT2D eigenvalue weighted by Gasteiger charge is -2.10. The van der Waals surface area contributed by atoms with Crippen molar-refractivity contribution in [2.75, 3.05) is 11.9 Å². The van der Waals surface area contributed by atoms with E-state index in [2.05, 4.69) is 15.6 Å². The molecule has 2 atom stereocenters.